The molecule has 2 aliphatic rings. The van der Waals surface area contributed by atoms with Gasteiger partial charge in [-0.2, -0.15) is 5.10 Å². The minimum absolute atomic E-state index is 0.0291. The van der Waals surface area contributed by atoms with E-state index in [2.05, 4.69) is 57.4 Å². The number of amides is 2. The number of hydrogen-bond acceptors (Lipinski definition) is 4. The van der Waals surface area contributed by atoms with Crippen LogP contribution in [-0.2, 0) is 19.5 Å². The molecule has 7 nitrogen and oxygen atoms in total. The van der Waals surface area contributed by atoms with Gasteiger partial charge < -0.3 is 10.2 Å². The molecule has 5 rings (SSSR count). The van der Waals surface area contributed by atoms with Crippen molar-refractivity contribution in [2.24, 2.45) is 0 Å². The van der Waals surface area contributed by atoms with Gasteiger partial charge in [0.15, 0.2) is 0 Å². The number of aromatic amines is 1. The number of pyridine rings is 1. The average molecular weight is 445 g/mol. The summed E-state index contributed by atoms with van der Waals surface area (Å²) in [6.45, 7) is 8.58. The normalized spacial score (nSPS) is 18.7. The third kappa shape index (κ3) is 4.64. The summed E-state index contributed by atoms with van der Waals surface area (Å²) in [4.78, 5) is 21.7. The number of hydrogen-bond donors (Lipinski definition) is 2. The first-order valence-electron chi connectivity index (χ1n) is 11.9. The molecule has 2 N–H and O–H groups in total. The molecule has 1 atom stereocenters. The molecule has 1 fully saturated rings. The molecular formula is C26H32N6O. The lowest BCUT2D eigenvalue weighted by Gasteiger charge is -2.35. The summed E-state index contributed by atoms with van der Waals surface area (Å²) in [5, 5.41) is 11.0. The Morgan fingerprint density at radius 2 is 1.94 bits per heavy atom. The topological polar surface area (TPSA) is 77.2 Å². The number of nitrogens with one attached hydrogen (secondary N) is 2. The van der Waals surface area contributed by atoms with Gasteiger partial charge in [0.25, 0.3) is 0 Å². The molecule has 0 bridgehead atoms. The number of aromatic nitrogens is 3. The quantitative estimate of drug-likeness (QED) is 0.641. The van der Waals surface area contributed by atoms with Crippen molar-refractivity contribution in [2.45, 2.75) is 52.2 Å². The molecule has 33 heavy (non-hydrogen) atoms. The number of benzene rings is 1. The Morgan fingerprint density at radius 3 is 2.73 bits per heavy atom. The molecule has 172 valence electrons. The van der Waals surface area contributed by atoms with E-state index in [1.807, 2.05) is 17.0 Å². The predicted molar refractivity (Wildman–Crippen MR) is 129 cm³/mol. The number of aryl methyl sites for hydroxylation is 2. The summed E-state index contributed by atoms with van der Waals surface area (Å²) >= 11 is 0. The van der Waals surface area contributed by atoms with Gasteiger partial charge in [-0.25, -0.2) is 4.79 Å². The number of likely N-dealkylation sites (tertiary alicyclic amines) is 1. The Morgan fingerprint density at radius 1 is 1.15 bits per heavy atom. The smallest absolute Gasteiger partial charge is 0.317 e. The lowest BCUT2D eigenvalue weighted by atomic mass is 10.00. The number of rotatable bonds is 4. The van der Waals surface area contributed by atoms with Crippen molar-refractivity contribution in [3.63, 3.8) is 0 Å². The van der Waals surface area contributed by atoms with Crippen molar-refractivity contribution < 1.29 is 4.79 Å². The van der Waals surface area contributed by atoms with Gasteiger partial charge in [0.2, 0.25) is 0 Å². The predicted octanol–water partition coefficient (Wildman–Crippen LogP) is 3.82. The molecule has 1 aromatic carbocycles. The molecule has 0 radical (unpaired) electrons. The van der Waals surface area contributed by atoms with Crippen LogP contribution in [-0.4, -0.2) is 56.7 Å². The van der Waals surface area contributed by atoms with Crippen molar-refractivity contribution in [3.05, 3.63) is 70.7 Å². The highest BCUT2D eigenvalue weighted by atomic mass is 16.2. The minimum Gasteiger partial charge on any atom is -0.334 e. The Kier molecular flexibility index (Phi) is 6.13. The fraction of sp³-hybridized carbons (Fsp3) is 0.423. The molecule has 3 aromatic rings. The fourth-order valence-corrected chi connectivity index (χ4v) is 5.12. The maximum absolute atomic E-state index is 13.2. The largest absolute Gasteiger partial charge is 0.334 e. The van der Waals surface area contributed by atoms with Crippen LogP contribution in [0.3, 0.4) is 0 Å². The van der Waals surface area contributed by atoms with Crippen molar-refractivity contribution >= 4 is 6.03 Å². The first kappa shape index (κ1) is 21.6. The average Bonchev–Trinajstić information content (AvgIpc) is 3.26. The highest BCUT2D eigenvalue weighted by Gasteiger charge is 2.28. The SMILES string of the molecule is Cc1cccc(C)c1CN1CCCC(NC(=O)N2CCc3[nH]nc(-c4ccncc4)c3C2)C1. The molecule has 4 heterocycles. The fourth-order valence-electron chi connectivity index (χ4n) is 5.12. The van der Waals surface area contributed by atoms with Crippen LogP contribution in [0.5, 0.6) is 0 Å². The van der Waals surface area contributed by atoms with Gasteiger partial charge in [-0.15, -0.1) is 0 Å². The van der Waals surface area contributed by atoms with E-state index in [9.17, 15) is 4.79 Å². The summed E-state index contributed by atoms with van der Waals surface area (Å²) in [5.41, 5.74) is 8.29. The van der Waals surface area contributed by atoms with Crippen LogP contribution in [0.4, 0.5) is 4.79 Å². The van der Waals surface area contributed by atoms with E-state index in [0.29, 0.717) is 13.1 Å². The van der Waals surface area contributed by atoms with E-state index in [0.717, 1.165) is 61.4 Å². The first-order valence-corrected chi connectivity index (χ1v) is 11.9. The summed E-state index contributed by atoms with van der Waals surface area (Å²) in [6.07, 6.45) is 6.48. The zero-order chi connectivity index (χ0) is 22.8. The monoisotopic (exact) mass is 444 g/mol. The van der Waals surface area contributed by atoms with Gasteiger partial charge in [0, 0.05) is 61.3 Å². The van der Waals surface area contributed by atoms with Crippen LogP contribution >= 0.6 is 0 Å². The van der Waals surface area contributed by atoms with Gasteiger partial charge in [0.05, 0.1) is 12.2 Å². The first-order chi connectivity index (χ1) is 16.1. The van der Waals surface area contributed by atoms with E-state index < -0.39 is 0 Å². The number of H-pyrrole nitrogens is 1. The second-order valence-corrected chi connectivity index (χ2v) is 9.33. The van der Waals surface area contributed by atoms with Crippen molar-refractivity contribution in [1.82, 2.24) is 30.3 Å². The summed E-state index contributed by atoms with van der Waals surface area (Å²) in [5.74, 6) is 0. The van der Waals surface area contributed by atoms with Gasteiger partial charge in [-0.1, -0.05) is 18.2 Å². The number of piperidine rings is 1. The Bertz CT molecular complexity index is 1100. The number of carbonyl (C=O) groups excluding carboxylic acids is 1. The number of fused-ring (bicyclic) bond motifs is 1. The van der Waals surface area contributed by atoms with E-state index >= 15 is 0 Å². The van der Waals surface area contributed by atoms with Crippen LogP contribution in [0.2, 0.25) is 0 Å². The lowest BCUT2D eigenvalue weighted by molar-refractivity contribution is 0.160. The van der Waals surface area contributed by atoms with Crippen LogP contribution < -0.4 is 5.32 Å². The Balaban J connectivity index is 1.22. The van der Waals surface area contributed by atoms with E-state index in [4.69, 9.17) is 0 Å². The molecule has 0 aliphatic carbocycles. The molecule has 7 heteroatoms. The maximum atomic E-state index is 13.2. The van der Waals surface area contributed by atoms with E-state index in [1.165, 1.54) is 16.7 Å². The summed E-state index contributed by atoms with van der Waals surface area (Å²) in [7, 11) is 0. The van der Waals surface area contributed by atoms with Gasteiger partial charge >= 0.3 is 6.03 Å². The highest BCUT2D eigenvalue weighted by molar-refractivity contribution is 5.76. The third-order valence-corrected chi connectivity index (χ3v) is 7.03. The van der Waals surface area contributed by atoms with Crippen molar-refractivity contribution in [3.8, 4) is 11.3 Å². The molecule has 2 amide bonds. The molecule has 2 aliphatic heterocycles. The number of urea groups is 1. The molecule has 0 saturated carbocycles. The van der Waals surface area contributed by atoms with Crippen LogP contribution in [0.25, 0.3) is 11.3 Å². The van der Waals surface area contributed by atoms with E-state index in [-0.39, 0.29) is 12.1 Å². The maximum Gasteiger partial charge on any atom is 0.317 e. The van der Waals surface area contributed by atoms with Crippen molar-refractivity contribution in [2.75, 3.05) is 19.6 Å². The zero-order valence-electron chi connectivity index (χ0n) is 19.5. The molecule has 2 aromatic heterocycles. The number of carbonyl (C=O) groups is 1. The Labute approximate surface area is 195 Å². The second-order valence-electron chi connectivity index (χ2n) is 9.33. The Hall–Kier alpha value is -3.19. The summed E-state index contributed by atoms with van der Waals surface area (Å²) in [6, 6.07) is 10.6. The standard InChI is InChI=1S/C26H32N6O/c1-18-5-3-6-19(2)22(18)16-31-13-4-7-21(15-31)28-26(33)32-14-10-24-23(17-32)25(30-29-24)20-8-11-27-12-9-20/h3,5-6,8-9,11-12,21H,4,7,10,13-17H2,1-2H3,(H,28,33)(H,29,30). The van der Waals surface area contributed by atoms with Gasteiger partial charge in [0.1, 0.15) is 0 Å². The molecule has 1 saturated heterocycles. The minimum atomic E-state index is 0.0291. The highest BCUT2D eigenvalue weighted by Crippen LogP contribution is 2.28. The van der Waals surface area contributed by atoms with Gasteiger partial charge in [-0.3, -0.25) is 15.0 Å². The molecule has 0 spiro atoms. The number of nitrogens with zero attached hydrogens (tertiary/aromatic N) is 4. The zero-order valence-corrected chi connectivity index (χ0v) is 19.5. The van der Waals surface area contributed by atoms with E-state index in [1.54, 1.807) is 12.4 Å². The molecule has 1 unspecified atom stereocenters. The lowest BCUT2D eigenvalue weighted by Crippen LogP contribution is -2.52. The van der Waals surface area contributed by atoms with Crippen LogP contribution in [0.15, 0.2) is 42.7 Å². The summed E-state index contributed by atoms with van der Waals surface area (Å²) < 4.78 is 0. The third-order valence-electron chi connectivity index (χ3n) is 7.03. The van der Waals surface area contributed by atoms with Gasteiger partial charge in [-0.05, 0) is 62.1 Å². The molecular weight excluding hydrogens is 412 g/mol. The van der Waals surface area contributed by atoms with Crippen LogP contribution in [0, 0.1) is 13.8 Å². The van der Waals surface area contributed by atoms with Crippen molar-refractivity contribution in [1.29, 1.82) is 0 Å². The van der Waals surface area contributed by atoms with Crippen LogP contribution in [0.1, 0.15) is 40.8 Å². The second kappa shape index (κ2) is 9.35.